The predicted octanol–water partition coefficient (Wildman–Crippen LogP) is 3.14. The van der Waals surface area contributed by atoms with Crippen LogP contribution in [0, 0.1) is 0 Å². The summed E-state index contributed by atoms with van der Waals surface area (Å²) in [5, 5.41) is 11.3. The molecule has 1 aliphatic heterocycles. The highest BCUT2D eigenvalue weighted by molar-refractivity contribution is 7.12. The zero-order chi connectivity index (χ0) is 15.0. The lowest BCUT2D eigenvalue weighted by atomic mass is 10.1. The Balaban J connectivity index is 2.05. The van der Waals surface area contributed by atoms with Gasteiger partial charge in [-0.2, -0.15) is 0 Å². The minimum absolute atomic E-state index is 0.0438. The highest BCUT2D eigenvalue weighted by Crippen LogP contribution is 2.37. The van der Waals surface area contributed by atoms with Crippen LogP contribution in [0.2, 0.25) is 5.02 Å². The van der Waals surface area contributed by atoms with E-state index in [0.29, 0.717) is 22.1 Å². The standard InChI is InChI=1S/C14H10ClNO4S/c15-9-4-7-21-12(9)13(17)16-5-6-20-11-8(14(18)19)2-1-3-10(11)16/h1-4,7H,5-6H2,(H,18,19). The van der Waals surface area contributed by atoms with Gasteiger partial charge in [-0.1, -0.05) is 17.7 Å². The fourth-order valence-electron chi connectivity index (χ4n) is 2.20. The number of carbonyl (C=O) groups is 2. The summed E-state index contributed by atoms with van der Waals surface area (Å²) in [6.07, 6.45) is 0. The number of carbonyl (C=O) groups excluding carboxylic acids is 1. The van der Waals surface area contributed by atoms with Gasteiger partial charge in [0.25, 0.3) is 5.91 Å². The van der Waals surface area contributed by atoms with Gasteiger partial charge >= 0.3 is 5.97 Å². The number of thiophene rings is 1. The molecule has 3 rings (SSSR count). The summed E-state index contributed by atoms with van der Waals surface area (Å²) in [5.74, 6) is -1.12. The quantitative estimate of drug-likeness (QED) is 0.922. The Morgan fingerprint density at radius 2 is 2.14 bits per heavy atom. The fraction of sp³-hybridized carbons (Fsp3) is 0.143. The van der Waals surface area contributed by atoms with E-state index >= 15 is 0 Å². The largest absolute Gasteiger partial charge is 0.489 e. The number of hydrogen-bond acceptors (Lipinski definition) is 4. The first kappa shape index (κ1) is 13.9. The molecule has 2 heterocycles. The van der Waals surface area contributed by atoms with Crippen LogP contribution in [-0.2, 0) is 0 Å². The zero-order valence-electron chi connectivity index (χ0n) is 10.7. The molecular weight excluding hydrogens is 314 g/mol. The number of carboxylic acid groups (broad SMARTS) is 1. The Kier molecular flexibility index (Phi) is 3.57. The van der Waals surface area contributed by atoms with E-state index in [1.54, 1.807) is 23.6 Å². The molecule has 0 radical (unpaired) electrons. The van der Waals surface area contributed by atoms with Crippen molar-refractivity contribution in [2.45, 2.75) is 0 Å². The molecular formula is C14H10ClNO4S. The number of amides is 1. The van der Waals surface area contributed by atoms with Crippen molar-refractivity contribution >= 4 is 40.5 Å². The van der Waals surface area contributed by atoms with E-state index < -0.39 is 5.97 Å². The number of rotatable bonds is 2. The van der Waals surface area contributed by atoms with Crippen LogP contribution >= 0.6 is 22.9 Å². The van der Waals surface area contributed by atoms with Gasteiger partial charge in [-0.15, -0.1) is 11.3 Å². The molecule has 7 heteroatoms. The highest BCUT2D eigenvalue weighted by atomic mass is 35.5. The van der Waals surface area contributed by atoms with Crippen molar-refractivity contribution in [1.82, 2.24) is 0 Å². The molecule has 0 atom stereocenters. The third kappa shape index (κ3) is 2.36. The molecule has 0 saturated carbocycles. The number of hydrogen-bond donors (Lipinski definition) is 1. The van der Waals surface area contributed by atoms with Crippen LogP contribution in [0.25, 0.3) is 0 Å². The number of aromatic carboxylic acids is 1. The van der Waals surface area contributed by atoms with E-state index in [1.165, 1.54) is 22.3 Å². The Morgan fingerprint density at radius 3 is 2.81 bits per heavy atom. The van der Waals surface area contributed by atoms with Crippen molar-refractivity contribution in [3.05, 3.63) is 45.1 Å². The average molecular weight is 324 g/mol. The Bertz CT molecular complexity index is 728. The third-order valence-corrected chi connectivity index (χ3v) is 4.46. The second kappa shape index (κ2) is 5.38. The van der Waals surface area contributed by atoms with Gasteiger partial charge < -0.3 is 14.7 Å². The average Bonchev–Trinajstić information content (AvgIpc) is 2.91. The monoisotopic (exact) mass is 323 g/mol. The number of anilines is 1. The van der Waals surface area contributed by atoms with E-state index in [9.17, 15) is 14.7 Å². The van der Waals surface area contributed by atoms with E-state index in [2.05, 4.69) is 0 Å². The topological polar surface area (TPSA) is 66.8 Å². The van der Waals surface area contributed by atoms with Gasteiger partial charge in [0, 0.05) is 0 Å². The van der Waals surface area contributed by atoms with Crippen molar-refractivity contribution in [3.63, 3.8) is 0 Å². The summed E-state index contributed by atoms with van der Waals surface area (Å²) in [4.78, 5) is 25.7. The van der Waals surface area contributed by atoms with Gasteiger partial charge in [0.1, 0.15) is 17.0 Å². The number of halogens is 1. The molecule has 0 bridgehead atoms. The lowest BCUT2D eigenvalue weighted by Crippen LogP contribution is -2.38. The summed E-state index contributed by atoms with van der Waals surface area (Å²) in [6, 6.07) is 6.37. The summed E-state index contributed by atoms with van der Waals surface area (Å²) >= 11 is 7.26. The summed E-state index contributed by atoms with van der Waals surface area (Å²) in [7, 11) is 0. The van der Waals surface area contributed by atoms with E-state index in [-0.39, 0.29) is 23.8 Å². The molecule has 1 aliphatic rings. The van der Waals surface area contributed by atoms with Crippen LogP contribution in [0.15, 0.2) is 29.6 Å². The molecule has 0 aliphatic carbocycles. The first-order valence-corrected chi connectivity index (χ1v) is 7.39. The number of nitrogens with zero attached hydrogens (tertiary/aromatic N) is 1. The van der Waals surface area contributed by atoms with Gasteiger partial charge in [-0.05, 0) is 23.6 Å². The number of ether oxygens (including phenoxy) is 1. The van der Waals surface area contributed by atoms with Gasteiger partial charge in [0.05, 0.1) is 17.3 Å². The molecule has 1 N–H and O–H groups in total. The third-order valence-electron chi connectivity index (χ3n) is 3.13. The van der Waals surface area contributed by atoms with Gasteiger partial charge in [0.15, 0.2) is 5.75 Å². The first-order chi connectivity index (χ1) is 10.1. The van der Waals surface area contributed by atoms with E-state index in [1.807, 2.05) is 0 Å². The summed E-state index contributed by atoms with van der Waals surface area (Å²) in [6.45, 7) is 0.592. The second-order valence-electron chi connectivity index (χ2n) is 4.36. The molecule has 21 heavy (non-hydrogen) atoms. The normalized spacial score (nSPS) is 13.5. The maximum Gasteiger partial charge on any atom is 0.339 e. The Morgan fingerprint density at radius 1 is 1.33 bits per heavy atom. The minimum atomic E-state index is -1.09. The van der Waals surface area contributed by atoms with Crippen molar-refractivity contribution < 1.29 is 19.4 Å². The summed E-state index contributed by atoms with van der Waals surface area (Å²) < 4.78 is 5.44. The van der Waals surface area contributed by atoms with Crippen molar-refractivity contribution in [3.8, 4) is 5.75 Å². The number of fused-ring (bicyclic) bond motifs is 1. The molecule has 1 aromatic heterocycles. The molecule has 0 unspecified atom stereocenters. The molecule has 1 amide bonds. The fourth-order valence-corrected chi connectivity index (χ4v) is 3.28. The van der Waals surface area contributed by atoms with E-state index in [0.717, 1.165) is 0 Å². The van der Waals surface area contributed by atoms with Crippen LogP contribution in [-0.4, -0.2) is 30.1 Å². The number of benzene rings is 1. The molecule has 2 aromatic rings. The maximum absolute atomic E-state index is 12.6. The Labute approximate surface area is 129 Å². The van der Waals surface area contributed by atoms with Crippen molar-refractivity contribution in [2.75, 3.05) is 18.1 Å². The number of para-hydroxylation sites is 1. The van der Waals surface area contributed by atoms with Crippen LogP contribution < -0.4 is 9.64 Å². The minimum Gasteiger partial charge on any atom is -0.489 e. The predicted molar refractivity (Wildman–Crippen MR) is 79.9 cm³/mol. The molecule has 0 spiro atoms. The Hall–Kier alpha value is -2.05. The van der Waals surface area contributed by atoms with E-state index in [4.69, 9.17) is 16.3 Å². The molecule has 108 valence electrons. The highest BCUT2D eigenvalue weighted by Gasteiger charge is 2.29. The number of carboxylic acids is 1. The molecule has 5 nitrogen and oxygen atoms in total. The van der Waals surface area contributed by atoms with Crippen molar-refractivity contribution in [2.24, 2.45) is 0 Å². The lowest BCUT2D eigenvalue weighted by molar-refractivity contribution is 0.0690. The molecule has 0 fully saturated rings. The van der Waals surface area contributed by atoms with Crippen LogP contribution in [0.3, 0.4) is 0 Å². The first-order valence-electron chi connectivity index (χ1n) is 6.13. The molecule has 1 aromatic carbocycles. The van der Waals surface area contributed by atoms with Crippen LogP contribution in [0.1, 0.15) is 20.0 Å². The molecule has 0 saturated heterocycles. The van der Waals surface area contributed by atoms with Crippen LogP contribution in [0.5, 0.6) is 5.75 Å². The summed E-state index contributed by atoms with van der Waals surface area (Å²) in [5.41, 5.74) is 0.498. The van der Waals surface area contributed by atoms with Crippen LogP contribution in [0.4, 0.5) is 5.69 Å². The maximum atomic E-state index is 12.6. The second-order valence-corrected chi connectivity index (χ2v) is 5.69. The lowest BCUT2D eigenvalue weighted by Gasteiger charge is -2.30. The van der Waals surface area contributed by atoms with Crippen molar-refractivity contribution in [1.29, 1.82) is 0 Å². The van der Waals surface area contributed by atoms with Gasteiger partial charge in [-0.25, -0.2) is 4.79 Å². The van der Waals surface area contributed by atoms with Gasteiger partial charge in [0.2, 0.25) is 0 Å². The zero-order valence-corrected chi connectivity index (χ0v) is 12.3. The van der Waals surface area contributed by atoms with Gasteiger partial charge in [-0.3, -0.25) is 4.79 Å². The smallest absolute Gasteiger partial charge is 0.339 e. The SMILES string of the molecule is O=C(O)c1cccc2c1OCCN2C(=O)c1sccc1Cl.